The predicted molar refractivity (Wildman–Crippen MR) is 95.0 cm³/mol. The molecule has 1 aliphatic carbocycles. The average molecular weight is 318 g/mol. The van der Waals surface area contributed by atoms with Crippen molar-refractivity contribution in [1.82, 2.24) is 9.38 Å². The fourth-order valence-electron chi connectivity index (χ4n) is 3.13. The van der Waals surface area contributed by atoms with Gasteiger partial charge in [-0.15, -0.1) is 0 Å². The molecule has 0 amide bonds. The van der Waals surface area contributed by atoms with Gasteiger partial charge in [-0.3, -0.25) is 4.40 Å². The van der Waals surface area contributed by atoms with E-state index < -0.39 is 0 Å². The highest BCUT2D eigenvalue weighted by molar-refractivity contribution is 5.86. The highest BCUT2D eigenvalue weighted by atomic mass is 16.3. The summed E-state index contributed by atoms with van der Waals surface area (Å²) < 4.78 is 1.95. The number of rotatable bonds is 2. The molecular weight excluding hydrogens is 300 g/mol. The van der Waals surface area contributed by atoms with Gasteiger partial charge in [0.05, 0.1) is 11.1 Å². The number of nitrogens with zero attached hydrogens (tertiary/aromatic N) is 2. The Kier molecular flexibility index (Phi) is 3.38. The van der Waals surface area contributed by atoms with Gasteiger partial charge in [-0.05, 0) is 37.1 Å². The minimum absolute atomic E-state index is 0.234. The van der Waals surface area contributed by atoms with Crippen LogP contribution in [0.2, 0.25) is 0 Å². The van der Waals surface area contributed by atoms with Gasteiger partial charge in [0.15, 0.2) is 0 Å². The van der Waals surface area contributed by atoms with Crippen LogP contribution < -0.4 is 0 Å². The molecule has 2 aromatic heterocycles. The van der Waals surface area contributed by atoms with Gasteiger partial charge in [0.25, 0.3) is 0 Å². The molecule has 1 aliphatic rings. The lowest BCUT2D eigenvalue weighted by molar-refractivity contribution is 0.391. The van der Waals surface area contributed by atoms with E-state index in [0.717, 1.165) is 28.8 Å². The minimum Gasteiger partial charge on any atom is -0.512 e. The van der Waals surface area contributed by atoms with E-state index in [9.17, 15) is 10.2 Å². The number of hydrogen-bond acceptors (Lipinski definition) is 3. The van der Waals surface area contributed by atoms with Gasteiger partial charge in [-0.1, -0.05) is 30.4 Å². The number of aliphatic hydroxyl groups is 1. The molecule has 2 N–H and O–H groups in total. The van der Waals surface area contributed by atoms with Crippen LogP contribution in [0.1, 0.15) is 24.1 Å². The Balaban J connectivity index is 2.02. The van der Waals surface area contributed by atoms with Gasteiger partial charge < -0.3 is 10.2 Å². The second-order valence-corrected chi connectivity index (χ2v) is 6.01. The molecule has 0 fully saturated rings. The average Bonchev–Trinajstić information content (AvgIpc) is 2.97. The Bertz CT molecular complexity index is 996. The Morgan fingerprint density at radius 1 is 1.08 bits per heavy atom. The van der Waals surface area contributed by atoms with E-state index >= 15 is 0 Å². The molecule has 24 heavy (non-hydrogen) atoms. The van der Waals surface area contributed by atoms with Crippen molar-refractivity contribution in [2.24, 2.45) is 0 Å². The van der Waals surface area contributed by atoms with Crippen molar-refractivity contribution in [3.05, 3.63) is 71.8 Å². The highest BCUT2D eigenvalue weighted by Gasteiger charge is 2.20. The molecule has 0 saturated carbocycles. The van der Waals surface area contributed by atoms with Gasteiger partial charge in [-0.25, -0.2) is 4.98 Å². The molecule has 0 bridgehead atoms. The Labute approximate surface area is 140 Å². The summed E-state index contributed by atoms with van der Waals surface area (Å²) in [5.41, 5.74) is 3.88. The third kappa shape index (κ3) is 2.19. The number of aryl methyl sites for hydroxylation is 1. The molecule has 3 aromatic rings. The number of phenols is 1. The van der Waals surface area contributed by atoms with E-state index in [-0.39, 0.29) is 5.75 Å². The van der Waals surface area contributed by atoms with Crippen LogP contribution in [-0.4, -0.2) is 19.6 Å². The first-order chi connectivity index (χ1) is 11.7. The normalized spacial score (nSPS) is 14.5. The number of aromatic hydroxyl groups is 1. The summed E-state index contributed by atoms with van der Waals surface area (Å²) in [5, 5.41) is 20.7. The van der Waals surface area contributed by atoms with Gasteiger partial charge >= 0.3 is 0 Å². The van der Waals surface area contributed by atoms with E-state index in [1.807, 2.05) is 66.1 Å². The first-order valence-corrected chi connectivity index (χ1v) is 8.02. The molecule has 120 valence electrons. The van der Waals surface area contributed by atoms with E-state index in [4.69, 9.17) is 4.98 Å². The van der Waals surface area contributed by atoms with Gasteiger partial charge in [-0.2, -0.15) is 0 Å². The first kappa shape index (κ1) is 14.6. The monoisotopic (exact) mass is 318 g/mol. The van der Waals surface area contributed by atoms with Crippen molar-refractivity contribution >= 4 is 11.1 Å². The quantitative estimate of drug-likeness (QED) is 0.724. The number of aliphatic hydroxyl groups excluding tert-OH is 1. The minimum atomic E-state index is 0.234. The molecule has 0 saturated heterocycles. The van der Waals surface area contributed by atoms with Gasteiger partial charge in [0, 0.05) is 18.2 Å². The molecule has 0 unspecified atom stereocenters. The molecule has 4 rings (SSSR count). The summed E-state index contributed by atoms with van der Waals surface area (Å²) in [4.78, 5) is 4.77. The zero-order valence-corrected chi connectivity index (χ0v) is 13.4. The van der Waals surface area contributed by atoms with E-state index in [2.05, 4.69) is 0 Å². The van der Waals surface area contributed by atoms with Gasteiger partial charge in [0.1, 0.15) is 23.0 Å². The van der Waals surface area contributed by atoms with Crippen molar-refractivity contribution in [2.75, 3.05) is 0 Å². The third-order valence-corrected chi connectivity index (χ3v) is 4.43. The van der Waals surface area contributed by atoms with Crippen LogP contribution in [0.3, 0.4) is 0 Å². The first-order valence-electron chi connectivity index (χ1n) is 8.02. The zero-order valence-electron chi connectivity index (χ0n) is 13.4. The Morgan fingerprint density at radius 3 is 2.79 bits per heavy atom. The summed E-state index contributed by atoms with van der Waals surface area (Å²) in [6.45, 7) is 1.87. The Hall–Kier alpha value is -3.01. The second kappa shape index (κ2) is 5.57. The number of hydrogen-bond donors (Lipinski definition) is 2. The van der Waals surface area contributed by atoms with E-state index in [1.54, 1.807) is 0 Å². The standard InChI is InChI=1S/C20H18N2O2/c1-13-7-6-9-15(19(13)24)20-21-18(14-8-2-3-11-17(14)23)16-10-4-5-12-22(16)20/h2,4-10,12,23-24H,3,11H2,1H3. The van der Waals surface area contributed by atoms with Crippen LogP contribution in [0.25, 0.3) is 22.5 Å². The predicted octanol–water partition coefficient (Wildman–Crippen LogP) is 4.63. The van der Waals surface area contributed by atoms with Crippen LogP contribution in [0, 0.1) is 6.92 Å². The molecule has 0 radical (unpaired) electrons. The zero-order chi connectivity index (χ0) is 16.7. The largest absolute Gasteiger partial charge is 0.512 e. The van der Waals surface area contributed by atoms with E-state index in [1.165, 1.54) is 0 Å². The smallest absolute Gasteiger partial charge is 0.149 e. The Morgan fingerprint density at radius 2 is 1.96 bits per heavy atom. The third-order valence-electron chi connectivity index (χ3n) is 4.43. The number of pyridine rings is 1. The van der Waals surface area contributed by atoms with Crippen LogP contribution in [0.4, 0.5) is 0 Å². The number of benzene rings is 1. The number of phenolic OH excluding ortho intramolecular Hbond substituents is 1. The molecule has 0 atom stereocenters. The maximum absolute atomic E-state index is 10.5. The molecule has 4 nitrogen and oxygen atoms in total. The number of para-hydroxylation sites is 1. The van der Waals surface area contributed by atoms with Crippen LogP contribution in [0.5, 0.6) is 5.75 Å². The van der Waals surface area contributed by atoms with Crippen molar-refractivity contribution < 1.29 is 10.2 Å². The number of aromatic nitrogens is 2. The SMILES string of the molecule is Cc1cccc(-c2nc(C3=C(O)CCC=C3)c3ccccn23)c1O. The summed E-state index contributed by atoms with van der Waals surface area (Å²) >= 11 is 0. The molecule has 4 heteroatoms. The molecule has 1 aromatic carbocycles. The fraction of sp³-hybridized carbons (Fsp3) is 0.150. The number of fused-ring (bicyclic) bond motifs is 1. The van der Waals surface area contributed by atoms with E-state index in [0.29, 0.717) is 23.6 Å². The number of imidazole rings is 1. The number of allylic oxidation sites excluding steroid dienone is 4. The molecule has 0 aliphatic heterocycles. The lowest BCUT2D eigenvalue weighted by atomic mass is 10.0. The lowest BCUT2D eigenvalue weighted by Crippen LogP contribution is -1.95. The van der Waals surface area contributed by atoms with Crippen molar-refractivity contribution in [3.8, 4) is 17.1 Å². The summed E-state index contributed by atoms with van der Waals surface area (Å²) in [6, 6.07) is 11.5. The second-order valence-electron chi connectivity index (χ2n) is 6.01. The van der Waals surface area contributed by atoms with Crippen molar-refractivity contribution in [2.45, 2.75) is 19.8 Å². The van der Waals surface area contributed by atoms with Crippen molar-refractivity contribution in [1.29, 1.82) is 0 Å². The van der Waals surface area contributed by atoms with Gasteiger partial charge in [0.2, 0.25) is 0 Å². The van der Waals surface area contributed by atoms with Crippen LogP contribution in [0.15, 0.2) is 60.5 Å². The molecule has 0 spiro atoms. The maximum Gasteiger partial charge on any atom is 0.149 e. The maximum atomic E-state index is 10.5. The van der Waals surface area contributed by atoms with Crippen LogP contribution in [-0.2, 0) is 0 Å². The molecular formula is C20H18N2O2. The summed E-state index contributed by atoms with van der Waals surface area (Å²) in [5.74, 6) is 1.26. The van der Waals surface area contributed by atoms with Crippen LogP contribution >= 0.6 is 0 Å². The molecule has 2 heterocycles. The fourth-order valence-corrected chi connectivity index (χ4v) is 3.13. The van der Waals surface area contributed by atoms with Crippen molar-refractivity contribution in [3.63, 3.8) is 0 Å². The lowest BCUT2D eigenvalue weighted by Gasteiger charge is -2.09. The summed E-state index contributed by atoms with van der Waals surface area (Å²) in [6.07, 6.45) is 7.36. The highest BCUT2D eigenvalue weighted by Crippen LogP contribution is 2.35. The topological polar surface area (TPSA) is 57.8 Å². The summed E-state index contributed by atoms with van der Waals surface area (Å²) in [7, 11) is 0.